The molecule has 0 aliphatic carbocycles. The molecule has 3 N–H and O–H groups in total. The molecule has 102 valence electrons. The fourth-order valence-electron chi connectivity index (χ4n) is 2.26. The molecule has 1 aliphatic heterocycles. The van der Waals surface area contributed by atoms with Gasteiger partial charge in [0.1, 0.15) is 5.82 Å². The number of Topliss-reactive ketones (excluding diaryl/α,β-unsaturated/α-hetero) is 1. The number of benzene rings is 1. The molecule has 0 bridgehead atoms. The summed E-state index contributed by atoms with van der Waals surface area (Å²) in [4.78, 5) is 22.9. The largest absolute Gasteiger partial charge is 0.351 e. The maximum atomic E-state index is 12.8. The van der Waals surface area contributed by atoms with Gasteiger partial charge in [0.05, 0.1) is 0 Å². The van der Waals surface area contributed by atoms with Crippen LogP contribution in [-0.2, 0) is 0 Å². The molecule has 0 aromatic heterocycles. The van der Waals surface area contributed by atoms with Crippen LogP contribution in [0.4, 0.5) is 9.18 Å². The minimum absolute atomic E-state index is 0.0266. The highest BCUT2D eigenvalue weighted by Crippen LogP contribution is 2.21. The first-order chi connectivity index (χ1) is 9.06. The molecule has 1 aliphatic rings. The van der Waals surface area contributed by atoms with Gasteiger partial charge in [0.15, 0.2) is 5.78 Å². The van der Waals surface area contributed by atoms with Crippen LogP contribution in [0.5, 0.6) is 0 Å². The third-order valence-corrected chi connectivity index (χ3v) is 3.26. The second-order valence-electron chi connectivity index (χ2n) is 4.61. The van der Waals surface area contributed by atoms with Gasteiger partial charge >= 0.3 is 6.03 Å². The van der Waals surface area contributed by atoms with Crippen LogP contribution >= 0.6 is 0 Å². The van der Waals surface area contributed by atoms with E-state index < -0.39 is 6.03 Å². The number of amides is 2. The van der Waals surface area contributed by atoms with Crippen molar-refractivity contribution >= 4 is 11.8 Å². The normalized spacial score (nSPS) is 17.1. The predicted octanol–water partition coefficient (Wildman–Crippen LogP) is 1.30. The monoisotopic (exact) mass is 265 g/mol. The van der Waals surface area contributed by atoms with Crippen LogP contribution in [0.15, 0.2) is 24.3 Å². The number of hydrogen-bond acceptors (Lipinski definition) is 3. The number of urea groups is 1. The molecule has 0 radical (unpaired) electrons. The van der Waals surface area contributed by atoms with Crippen molar-refractivity contribution in [1.82, 2.24) is 10.4 Å². The number of carbonyl (C=O) groups is 2. The van der Waals surface area contributed by atoms with E-state index in [2.05, 4.69) is 5.43 Å². The zero-order valence-corrected chi connectivity index (χ0v) is 10.4. The quantitative estimate of drug-likeness (QED) is 0.809. The number of nitrogens with two attached hydrogens (primary N) is 1. The SMILES string of the molecule is NC(=O)NN1CCC(C(=O)c2ccc(F)cc2)CC1. The number of hydrazine groups is 1. The van der Waals surface area contributed by atoms with E-state index in [1.54, 1.807) is 5.01 Å². The van der Waals surface area contributed by atoms with Crippen LogP contribution < -0.4 is 11.2 Å². The summed E-state index contributed by atoms with van der Waals surface area (Å²) in [5.41, 5.74) is 8.06. The van der Waals surface area contributed by atoms with E-state index in [-0.39, 0.29) is 17.5 Å². The van der Waals surface area contributed by atoms with Gasteiger partial charge in [-0.1, -0.05) is 0 Å². The molecule has 0 unspecified atom stereocenters. The van der Waals surface area contributed by atoms with E-state index in [9.17, 15) is 14.0 Å². The zero-order chi connectivity index (χ0) is 13.8. The molecule has 1 saturated heterocycles. The van der Waals surface area contributed by atoms with Crippen LogP contribution in [0.25, 0.3) is 0 Å². The smallest absolute Gasteiger partial charge is 0.326 e. The van der Waals surface area contributed by atoms with Crippen LogP contribution in [0.2, 0.25) is 0 Å². The van der Waals surface area contributed by atoms with Crippen molar-refractivity contribution in [3.63, 3.8) is 0 Å². The first-order valence-electron chi connectivity index (χ1n) is 6.17. The zero-order valence-electron chi connectivity index (χ0n) is 10.4. The number of carbonyl (C=O) groups excluding carboxylic acids is 2. The number of rotatable bonds is 3. The molecule has 0 atom stereocenters. The molecule has 2 amide bonds. The van der Waals surface area contributed by atoms with E-state index in [4.69, 9.17) is 5.73 Å². The van der Waals surface area contributed by atoms with Crippen LogP contribution in [-0.4, -0.2) is 29.9 Å². The van der Waals surface area contributed by atoms with Crippen molar-refractivity contribution in [2.45, 2.75) is 12.8 Å². The van der Waals surface area contributed by atoms with Gasteiger partial charge in [-0.3, -0.25) is 10.2 Å². The summed E-state index contributed by atoms with van der Waals surface area (Å²) in [5.74, 6) is -0.410. The van der Waals surface area contributed by atoms with Gasteiger partial charge < -0.3 is 5.73 Å². The van der Waals surface area contributed by atoms with E-state index in [0.717, 1.165) is 0 Å². The van der Waals surface area contributed by atoms with Crippen LogP contribution in [0.3, 0.4) is 0 Å². The Balaban J connectivity index is 1.92. The summed E-state index contributed by atoms with van der Waals surface area (Å²) in [5, 5.41) is 1.71. The third kappa shape index (κ3) is 3.51. The van der Waals surface area contributed by atoms with Gasteiger partial charge in [-0.2, -0.15) is 0 Å². The summed E-state index contributed by atoms with van der Waals surface area (Å²) >= 11 is 0. The summed E-state index contributed by atoms with van der Waals surface area (Å²) in [6.07, 6.45) is 1.30. The minimum Gasteiger partial charge on any atom is -0.351 e. The topological polar surface area (TPSA) is 75.4 Å². The van der Waals surface area contributed by atoms with E-state index in [1.807, 2.05) is 0 Å². The first kappa shape index (κ1) is 13.5. The van der Waals surface area contributed by atoms with Gasteiger partial charge in [-0.25, -0.2) is 14.2 Å². The third-order valence-electron chi connectivity index (χ3n) is 3.26. The molecule has 1 aromatic carbocycles. The lowest BCUT2D eigenvalue weighted by molar-refractivity contribution is 0.0802. The average Bonchev–Trinajstić information content (AvgIpc) is 2.39. The fraction of sp³-hybridized carbons (Fsp3) is 0.385. The number of halogens is 1. The Bertz CT molecular complexity index is 467. The average molecular weight is 265 g/mol. The molecule has 1 heterocycles. The van der Waals surface area contributed by atoms with Crippen LogP contribution in [0, 0.1) is 11.7 Å². The number of primary amides is 1. The lowest BCUT2D eigenvalue weighted by Crippen LogP contribution is -2.49. The molecule has 0 saturated carbocycles. The summed E-state index contributed by atoms with van der Waals surface area (Å²) < 4.78 is 12.8. The molecule has 2 rings (SSSR count). The molecular weight excluding hydrogens is 249 g/mol. The van der Waals surface area contributed by atoms with Gasteiger partial charge in [0.25, 0.3) is 0 Å². The Kier molecular flexibility index (Phi) is 4.11. The Morgan fingerprint density at radius 1 is 1.21 bits per heavy atom. The van der Waals surface area contributed by atoms with Crippen molar-refractivity contribution in [3.8, 4) is 0 Å². The molecule has 1 aromatic rings. The minimum atomic E-state index is -0.594. The van der Waals surface area contributed by atoms with Gasteiger partial charge in [-0.05, 0) is 37.1 Å². The Morgan fingerprint density at radius 3 is 2.32 bits per heavy atom. The highest BCUT2D eigenvalue weighted by Gasteiger charge is 2.26. The maximum Gasteiger partial charge on any atom is 0.326 e. The second kappa shape index (κ2) is 5.79. The molecule has 19 heavy (non-hydrogen) atoms. The molecule has 6 heteroatoms. The van der Waals surface area contributed by atoms with Crippen molar-refractivity contribution in [2.24, 2.45) is 11.7 Å². The summed E-state index contributed by atoms with van der Waals surface area (Å²) in [6, 6.07) is 4.99. The second-order valence-corrected chi connectivity index (χ2v) is 4.61. The number of piperidine rings is 1. The number of hydrogen-bond donors (Lipinski definition) is 2. The number of nitrogens with zero attached hydrogens (tertiary/aromatic N) is 1. The standard InChI is InChI=1S/C13H16FN3O2/c14-11-3-1-9(2-4-11)12(18)10-5-7-17(8-6-10)16-13(15)19/h1-4,10H,5-8H2,(H3,15,16,19). The van der Waals surface area contributed by atoms with Crippen LogP contribution in [0.1, 0.15) is 23.2 Å². The van der Waals surface area contributed by atoms with Crippen molar-refractivity contribution in [3.05, 3.63) is 35.6 Å². The molecular formula is C13H16FN3O2. The Labute approximate surface area is 110 Å². The molecule has 0 spiro atoms. The highest BCUT2D eigenvalue weighted by molar-refractivity contribution is 5.97. The number of nitrogens with one attached hydrogen (secondary N) is 1. The molecule has 1 fully saturated rings. The number of ketones is 1. The van der Waals surface area contributed by atoms with E-state index >= 15 is 0 Å². The van der Waals surface area contributed by atoms with E-state index in [0.29, 0.717) is 31.5 Å². The van der Waals surface area contributed by atoms with Crippen molar-refractivity contribution < 1.29 is 14.0 Å². The van der Waals surface area contributed by atoms with Crippen molar-refractivity contribution in [2.75, 3.05) is 13.1 Å². The maximum absolute atomic E-state index is 12.8. The Hall–Kier alpha value is -1.95. The molecule has 5 nitrogen and oxygen atoms in total. The van der Waals surface area contributed by atoms with Gasteiger partial charge in [0, 0.05) is 24.6 Å². The predicted molar refractivity (Wildman–Crippen MR) is 67.7 cm³/mol. The van der Waals surface area contributed by atoms with Gasteiger partial charge in [-0.15, -0.1) is 0 Å². The summed E-state index contributed by atoms with van der Waals surface area (Å²) in [6.45, 7) is 1.17. The van der Waals surface area contributed by atoms with Crippen molar-refractivity contribution in [1.29, 1.82) is 0 Å². The van der Waals surface area contributed by atoms with E-state index in [1.165, 1.54) is 24.3 Å². The first-order valence-corrected chi connectivity index (χ1v) is 6.17. The lowest BCUT2D eigenvalue weighted by atomic mass is 9.89. The lowest BCUT2D eigenvalue weighted by Gasteiger charge is -2.30. The highest BCUT2D eigenvalue weighted by atomic mass is 19.1. The summed E-state index contributed by atoms with van der Waals surface area (Å²) in [7, 11) is 0. The Morgan fingerprint density at radius 2 is 1.79 bits per heavy atom. The van der Waals surface area contributed by atoms with Gasteiger partial charge in [0.2, 0.25) is 0 Å². The fourth-order valence-corrected chi connectivity index (χ4v) is 2.26.